The van der Waals surface area contributed by atoms with Gasteiger partial charge in [0.2, 0.25) is 5.89 Å². The van der Waals surface area contributed by atoms with Gasteiger partial charge in [0.1, 0.15) is 10.9 Å². The van der Waals surface area contributed by atoms with Crippen LogP contribution in [0.1, 0.15) is 21.8 Å². The summed E-state index contributed by atoms with van der Waals surface area (Å²) in [5.74, 6) is -0.547. The second kappa shape index (κ2) is 8.56. The van der Waals surface area contributed by atoms with Crippen LogP contribution in [0.5, 0.6) is 5.75 Å². The van der Waals surface area contributed by atoms with Gasteiger partial charge in [-0.3, -0.25) is 4.79 Å². The van der Waals surface area contributed by atoms with Gasteiger partial charge in [-0.25, -0.2) is 0 Å². The Morgan fingerprint density at radius 1 is 0.970 bits per heavy atom. The van der Waals surface area contributed by atoms with Crippen molar-refractivity contribution in [3.05, 3.63) is 98.9 Å². The first-order valence-corrected chi connectivity index (χ1v) is 10.9. The summed E-state index contributed by atoms with van der Waals surface area (Å²) < 4.78 is 7.37. The molecule has 6 nitrogen and oxygen atoms in total. The van der Waals surface area contributed by atoms with E-state index in [1.54, 1.807) is 41.0 Å². The largest absolute Gasteiger partial charge is 0.508 e. The molecule has 2 heterocycles. The molecule has 33 heavy (non-hydrogen) atoms. The molecule has 3 aromatic carbocycles. The molecule has 0 saturated heterocycles. The van der Waals surface area contributed by atoms with Gasteiger partial charge >= 0.3 is 0 Å². The first kappa shape index (κ1) is 21.5. The SMILES string of the molecule is O=C(c1nnc(-c2ccccc2)o1)c1c(Cl)n(Cc2ccc(Cl)cc2Cl)c2ccc(O)cc12. The fourth-order valence-electron chi connectivity index (χ4n) is 3.62. The molecule has 0 saturated carbocycles. The molecule has 0 fully saturated rings. The summed E-state index contributed by atoms with van der Waals surface area (Å²) in [7, 11) is 0. The highest BCUT2D eigenvalue weighted by atomic mass is 35.5. The minimum Gasteiger partial charge on any atom is -0.508 e. The van der Waals surface area contributed by atoms with Crippen LogP contribution in [0.3, 0.4) is 0 Å². The zero-order valence-corrected chi connectivity index (χ0v) is 19.1. The van der Waals surface area contributed by atoms with Gasteiger partial charge in [0.15, 0.2) is 0 Å². The van der Waals surface area contributed by atoms with Crippen LogP contribution in [0.25, 0.3) is 22.4 Å². The maximum Gasteiger partial charge on any atom is 0.289 e. The quantitative estimate of drug-likeness (QED) is 0.275. The molecule has 0 aliphatic rings. The number of phenolic OH excluding ortho intramolecular Hbond substituents is 1. The summed E-state index contributed by atoms with van der Waals surface area (Å²) in [6.07, 6.45) is 0. The van der Waals surface area contributed by atoms with Crippen molar-refractivity contribution in [2.24, 2.45) is 0 Å². The van der Waals surface area contributed by atoms with Gasteiger partial charge in [0, 0.05) is 21.0 Å². The maximum atomic E-state index is 13.4. The van der Waals surface area contributed by atoms with E-state index in [1.807, 2.05) is 18.2 Å². The zero-order chi connectivity index (χ0) is 23.1. The minimum absolute atomic E-state index is 0.00889. The molecule has 0 aliphatic heterocycles. The molecule has 1 N–H and O–H groups in total. The summed E-state index contributed by atoms with van der Waals surface area (Å²) in [6.45, 7) is 0.280. The van der Waals surface area contributed by atoms with Gasteiger partial charge in [-0.15, -0.1) is 10.2 Å². The molecular formula is C24H14Cl3N3O3. The average Bonchev–Trinajstić information content (AvgIpc) is 3.39. The zero-order valence-electron chi connectivity index (χ0n) is 16.8. The smallest absolute Gasteiger partial charge is 0.289 e. The van der Waals surface area contributed by atoms with Crippen LogP contribution < -0.4 is 0 Å². The lowest BCUT2D eigenvalue weighted by Crippen LogP contribution is -2.04. The Labute approximate surface area is 203 Å². The van der Waals surface area contributed by atoms with Crippen molar-refractivity contribution in [1.82, 2.24) is 14.8 Å². The Bertz CT molecular complexity index is 1510. The topological polar surface area (TPSA) is 81.2 Å². The number of carbonyl (C=O) groups is 1. The first-order chi connectivity index (χ1) is 15.9. The number of aromatic hydroxyl groups is 1. The monoisotopic (exact) mass is 497 g/mol. The fourth-order valence-corrected chi connectivity index (χ4v) is 4.43. The Balaban J connectivity index is 1.61. The molecule has 5 rings (SSSR count). The van der Waals surface area contributed by atoms with Crippen LogP contribution in [-0.4, -0.2) is 25.7 Å². The average molecular weight is 499 g/mol. The Hall–Kier alpha value is -3.32. The number of aromatic nitrogens is 3. The second-order valence-electron chi connectivity index (χ2n) is 7.30. The van der Waals surface area contributed by atoms with Crippen LogP contribution in [-0.2, 0) is 6.54 Å². The highest BCUT2D eigenvalue weighted by molar-refractivity contribution is 6.37. The van der Waals surface area contributed by atoms with E-state index in [0.717, 1.165) is 5.56 Å². The van der Waals surface area contributed by atoms with Crippen LogP contribution in [0, 0.1) is 0 Å². The number of rotatable bonds is 5. The Morgan fingerprint density at radius 2 is 1.76 bits per heavy atom. The van der Waals surface area contributed by atoms with Crippen LogP contribution >= 0.6 is 34.8 Å². The molecule has 0 unspecified atom stereocenters. The Kier molecular flexibility index (Phi) is 5.58. The molecule has 0 spiro atoms. The molecule has 9 heteroatoms. The number of phenols is 1. The number of fused-ring (bicyclic) bond motifs is 1. The highest BCUT2D eigenvalue weighted by Gasteiger charge is 2.27. The van der Waals surface area contributed by atoms with Crippen LogP contribution in [0.2, 0.25) is 15.2 Å². The highest BCUT2D eigenvalue weighted by Crippen LogP contribution is 2.35. The molecule has 0 bridgehead atoms. The van der Waals surface area contributed by atoms with E-state index >= 15 is 0 Å². The van der Waals surface area contributed by atoms with Crippen molar-refractivity contribution in [1.29, 1.82) is 0 Å². The van der Waals surface area contributed by atoms with E-state index in [0.29, 0.717) is 26.5 Å². The van der Waals surface area contributed by atoms with E-state index in [1.165, 1.54) is 12.1 Å². The number of halogens is 3. The summed E-state index contributed by atoms with van der Waals surface area (Å²) in [6, 6.07) is 19.0. The lowest BCUT2D eigenvalue weighted by Gasteiger charge is -2.09. The van der Waals surface area contributed by atoms with Gasteiger partial charge in [0.05, 0.1) is 17.6 Å². The van der Waals surface area contributed by atoms with E-state index in [2.05, 4.69) is 10.2 Å². The van der Waals surface area contributed by atoms with Crippen molar-refractivity contribution >= 4 is 51.5 Å². The molecule has 2 aromatic heterocycles. The van der Waals surface area contributed by atoms with Crippen molar-refractivity contribution in [2.45, 2.75) is 6.54 Å². The lowest BCUT2D eigenvalue weighted by molar-refractivity contribution is 0.100. The third-order valence-corrected chi connectivity index (χ3v) is 6.17. The molecule has 164 valence electrons. The van der Waals surface area contributed by atoms with Gasteiger partial charge < -0.3 is 14.1 Å². The van der Waals surface area contributed by atoms with Gasteiger partial charge in [0.25, 0.3) is 11.7 Å². The standard InChI is InChI=1S/C24H14Cl3N3O3/c25-15-7-6-14(18(26)10-15)12-30-19-9-8-16(31)11-17(19)20(22(30)27)21(32)24-29-28-23(33-24)13-4-2-1-3-5-13/h1-11,31H,12H2. The molecule has 0 aliphatic carbocycles. The number of benzene rings is 3. The van der Waals surface area contributed by atoms with E-state index in [-0.39, 0.29) is 34.8 Å². The number of carbonyl (C=O) groups excluding carboxylic acids is 1. The summed E-state index contributed by atoms with van der Waals surface area (Å²) >= 11 is 19.1. The Morgan fingerprint density at radius 3 is 2.52 bits per heavy atom. The van der Waals surface area contributed by atoms with Gasteiger partial charge in [-0.1, -0.05) is 59.1 Å². The van der Waals surface area contributed by atoms with E-state index < -0.39 is 5.78 Å². The van der Waals surface area contributed by atoms with Gasteiger partial charge in [-0.2, -0.15) is 0 Å². The molecule has 0 atom stereocenters. The lowest BCUT2D eigenvalue weighted by atomic mass is 10.1. The number of hydrogen-bond acceptors (Lipinski definition) is 5. The fraction of sp³-hybridized carbons (Fsp3) is 0.0417. The second-order valence-corrected chi connectivity index (χ2v) is 8.50. The van der Waals surface area contributed by atoms with Crippen LogP contribution in [0.15, 0.2) is 71.1 Å². The molecule has 0 radical (unpaired) electrons. The van der Waals surface area contributed by atoms with Crippen molar-refractivity contribution in [3.8, 4) is 17.2 Å². The molecule has 0 amide bonds. The predicted molar refractivity (Wildman–Crippen MR) is 127 cm³/mol. The van der Waals surface area contributed by atoms with E-state index in [9.17, 15) is 9.90 Å². The van der Waals surface area contributed by atoms with Crippen molar-refractivity contribution in [3.63, 3.8) is 0 Å². The van der Waals surface area contributed by atoms with Crippen molar-refractivity contribution < 1.29 is 14.3 Å². The van der Waals surface area contributed by atoms with Crippen molar-refractivity contribution in [2.75, 3.05) is 0 Å². The summed E-state index contributed by atoms with van der Waals surface area (Å²) in [5.41, 5.74) is 2.23. The number of nitrogens with zero attached hydrogens (tertiary/aromatic N) is 3. The van der Waals surface area contributed by atoms with Gasteiger partial charge in [-0.05, 0) is 48.0 Å². The maximum absolute atomic E-state index is 13.4. The number of ketones is 1. The van der Waals surface area contributed by atoms with Crippen LogP contribution in [0.4, 0.5) is 0 Å². The molecular weight excluding hydrogens is 485 g/mol. The molecule has 5 aromatic rings. The van der Waals surface area contributed by atoms with E-state index in [4.69, 9.17) is 39.2 Å². The predicted octanol–water partition coefficient (Wildman–Crippen LogP) is 6.64. The number of hydrogen-bond donors (Lipinski definition) is 1. The summed E-state index contributed by atoms with van der Waals surface area (Å²) in [4.78, 5) is 13.4. The third kappa shape index (κ3) is 3.97. The summed E-state index contributed by atoms with van der Waals surface area (Å²) in [5, 5.41) is 19.6. The normalized spacial score (nSPS) is 11.2. The first-order valence-electron chi connectivity index (χ1n) is 9.80. The third-order valence-electron chi connectivity index (χ3n) is 5.19. The minimum atomic E-state index is -0.550.